The van der Waals surface area contributed by atoms with Gasteiger partial charge >= 0.3 is 0 Å². The summed E-state index contributed by atoms with van der Waals surface area (Å²) in [6.45, 7) is 3.40. The standard InChI is InChI=1S/C11H12F2/c1-3-4-5-9-7-6-8(2)10(12)11(9)13/h3-4,6-7H,5H2,1-2H3/b4-3+. The van der Waals surface area contributed by atoms with Gasteiger partial charge in [-0.05, 0) is 31.4 Å². The Balaban J connectivity index is 3.03. The van der Waals surface area contributed by atoms with Crippen LogP contribution in [-0.2, 0) is 6.42 Å². The van der Waals surface area contributed by atoms with Gasteiger partial charge in [0.25, 0.3) is 0 Å². The first kappa shape index (κ1) is 9.90. The van der Waals surface area contributed by atoms with Gasteiger partial charge in [-0.15, -0.1) is 0 Å². The third kappa shape index (κ3) is 2.14. The maximum atomic E-state index is 13.2. The lowest BCUT2D eigenvalue weighted by Crippen LogP contribution is -1.95. The number of rotatable bonds is 2. The summed E-state index contributed by atoms with van der Waals surface area (Å²) in [5, 5.41) is 0. The molecular weight excluding hydrogens is 170 g/mol. The summed E-state index contributed by atoms with van der Waals surface area (Å²) in [5.74, 6) is -1.46. The Morgan fingerprint density at radius 1 is 1.23 bits per heavy atom. The minimum absolute atomic E-state index is 0.349. The van der Waals surface area contributed by atoms with Crippen molar-refractivity contribution in [3.05, 3.63) is 47.0 Å². The quantitative estimate of drug-likeness (QED) is 0.615. The van der Waals surface area contributed by atoms with Crippen LogP contribution < -0.4 is 0 Å². The van der Waals surface area contributed by atoms with E-state index >= 15 is 0 Å². The average Bonchev–Trinajstić information content (AvgIpc) is 2.13. The van der Waals surface area contributed by atoms with Gasteiger partial charge in [0.1, 0.15) is 0 Å². The lowest BCUT2D eigenvalue weighted by molar-refractivity contribution is 0.496. The fraction of sp³-hybridized carbons (Fsp3) is 0.273. The van der Waals surface area contributed by atoms with E-state index in [1.165, 1.54) is 0 Å². The molecule has 0 saturated heterocycles. The fourth-order valence-corrected chi connectivity index (χ4v) is 1.09. The first-order valence-electron chi connectivity index (χ1n) is 4.21. The largest absolute Gasteiger partial charge is 0.203 e. The van der Waals surface area contributed by atoms with Crippen LogP contribution in [0.15, 0.2) is 24.3 Å². The Labute approximate surface area is 76.9 Å². The number of hydrogen-bond acceptors (Lipinski definition) is 0. The van der Waals surface area contributed by atoms with Crippen LogP contribution in [0.3, 0.4) is 0 Å². The molecule has 0 saturated carbocycles. The number of aryl methyl sites for hydroxylation is 1. The molecule has 1 aromatic rings. The summed E-state index contributed by atoms with van der Waals surface area (Å²) in [6.07, 6.45) is 4.06. The van der Waals surface area contributed by atoms with E-state index in [1.807, 2.05) is 13.0 Å². The van der Waals surface area contributed by atoms with Crippen molar-refractivity contribution in [1.82, 2.24) is 0 Å². The van der Waals surface area contributed by atoms with E-state index in [4.69, 9.17) is 0 Å². The van der Waals surface area contributed by atoms with Crippen molar-refractivity contribution in [3.63, 3.8) is 0 Å². The molecule has 0 heterocycles. The van der Waals surface area contributed by atoms with E-state index in [2.05, 4.69) is 0 Å². The van der Waals surface area contributed by atoms with Crippen LogP contribution in [0.25, 0.3) is 0 Å². The van der Waals surface area contributed by atoms with Gasteiger partial charge in [0.05, 0.1) is 0 Å². The number of allylic oxidation sites excluding steroid dienone is 2. The summed E-state index contributed by atoms with van der Waals surface area (Å²) >= 11 is 0. The van der Waals surface area contributed by atoms with E-state index in [9.17, 15) is 8.78 Å². The molecule has 1 rings (SSSR count). The molecule has 0 radical (unpaired) electrons. The summed E-state index contributed by atoms with van der Waals surface area (Å²) < 4.78 is 26.2. The fourth-order valence-electron chi connectivity index (χ4n) is 1.09. The van der Waals surface area contributed by atoms with Crippen LogP contribution in [0, 0.1) is 18.6 Å². The molecule has 13 heavy (non-hydrogen) atoms. The van der Waals surface area contributed by atoms with Gasteiger partial charge in [-0.3, -0.25) is 0 Å². The van der Waals surface area contributed by atoms with Crippen molar-refractivity contribution < 1.29 is 8.78 Å². The van der Waals surface area contributed by atoms with Crippen molar-refractivity contribution in [2.75, 3.05) is 0 Å². The molecule has 0 N–H and O–H groups in total. The molecule has 0 bridgehead atoms. The molecule has 0 nitrogen and oxygen atoms in total. The molecule has 0 aromatic heterocycles. The van der Waals surface area contributed by atoms with Gasteiger partial charge in [-0.2, -0.15) is 0 Å². The van der Waals surface area contributed by atoms with E-state index in [1.54, 1.807) is 25.1 Å². The molecule has 0 spiro atoms. The molecule has 1 aromatic carbocycles. The van der Waals surface area contributed by atoms with Crippen LogP contribution in [0.1, 0.15) is 18.1 Å². The Hall–Kier alpha value is -1.18. The van der Waals surface area contributed by atoms with Gasteiger partial charge in [0, 0.05) is 0 Å². The molecule has 0 unspecified atom stereocenters. The molecule has 70 valence electrons. The first-order chi connectivity index (χ1) is 6.16. The molecule has 2 heteroatoms. The first-order valence-corrected chi connectivity index (χ1v) is 4.21. The highest BCUT2D eigenvalue weighted by Gasteiger charge is 2.08. The Bertz CT molecular complexity index is 327. The lowest BCUT2D eigenvalue weighted by Gasteiger charge is -2.02. The van der Waals surface area contributed by atoms with Crippen LogP contribution in [0.5, 0.6) is 0 Å². The number of halogens is 2. The SMILES string of the molecule is C/C=C/Cc1ccc(C)c(F)c1F. The van der Waals surface area contributed by atoms with Crippen molar-refractivity contribution in [2.45, 2.75) is 20.3 Å². The highest BCUT2D eigenvalue weighted by atomic mass is 19.2. The van der Waals surface area contributed by atoms with E-state index in [0.29, 0.717) is 17.5 Å². The van der Waals surface area contributed by atoms with E-state index < -0.39 is 11.6 Å². The molecule has 0 amide bonds. The highest BCUT2D eigenvalue weighted by Crippen LogP contribution is 2.16. The van der Waals surface area contributed by atoms with Gasteiger partial charge in [0.2, 0.25) is 0 Å². The topological polar surface area (TPSA) is 0 Å². The molecule has 0 aliphatic carbocycles. The van der Waals surface area contributed by atoms with E-state index in [0.717, 1.165) is 0 Å². The maximum Gasteiger partial charge on any atom is 0.162 e. The van der Waals surface area contributed by atoms with Gasteiger partial charge in [-0.25, -0.2) is 8.78 Å². The van der Waals surface area contributed by atoms with Gasteiger partial charge < -0.3 is 0 Å². The normalized spacial score (nSPS) is 11.1. The number of benzene rings is 1. The zero-order valence-electron chi connectivity index (χ0n) is 7.77. The molecular formula is C11H12F2. The van der Waals surface area contributed by atoms with E-state index in [-0.39, 0.29) is 0 Å². The predicted octanol–water partition coefficient (Wildman–Crippen LogP) is 3.39. The van der Waals surface area contributed by atoms with Crippen molar-refractivity contribution >= 4 is 0 Å². The Morgan fingerprint density at radius 3 is 2.54 bits per heavy atom. The second kappa shape index (κ2) is 4.17. The maximum absolute atomic E-state index is 13.2. The predicted molar refractivity (Wildman–Crippen MR) is 49.6 cm³/mol. The average molecular weight is 182 g/mol. The third-order valence-electron chi connectivity index (χ3n) is 1.93. The zero-order valence-corrected chi connectivity index (χ0v) is 7.77. The molecule has 0 atom stereocenters. The minimum Gasteiger partial charge on any atom is -0.203 e. The summed E-state index contributed by atoms with van der Waals surface area (Å²) in [6, 6.07) is 3.21. The van der Waals surface area contributed by atoms with Crippen LogP contribution in [0.4, 0.5) is 8.78 Å². The van der Waals surface area contributed by atoms with Crippen LogP contribution in [-0.4, -0.2) is 0 Å². The molecule has 0 aliphatic rings. The summed E-state index contributed by atoms with van der Waals surface area (Å²) in [5.41, 5.74) is 0.753. The molecule has 0 fully saturated rings. The summed E-state index contributed by atoms with van der Waals surface area (Å²) in [4.78, 5) is 0. The lowest BCUT2D eigenvalue weighted by atomic mass is 10.1. The number of hydrogen-bond donors (Lipinski definition) is 0. The van der Waals surface area contributed by atoms with Crippen LogP contribution in [0.2, 0.25) is 0 Å². The highest BCUT2D eigenvalue weighted by molar-refractivity contribution is 5.26. The Morgan fingerprint density at radius 2 is 1.92 bits per heavy atom. The van der Waals surface area contributed by atoms with Crippen molar-refractivity contribution in [1.29, 1.82) is 0 Å². The Kier molecular flexibility index (Phi) is 3.18. The van der Waals surface area contributed by atoms with Gasteiger partial charge in [0.15, 0.2) is 11.6 Å². The van der Waals surface area contributed by atoms with Crippen molar-refractivity contribution in [3.8, 4) is 0 Å². The second-order valence-electron chi connectivity index (χ2n) is 2.94. The molecule has 0 aliphatic heterocycles. The monoisotopic (exact) mass is 182 g/mol. The van der Waals surface area contributed by atoms with Gasteiger partial charge in [-0.1, -0.05) is 24.3 Å². The third-order valence-corrected chi connectivity index (χ3v) is 1.93. The zero-order chi connectivity index (χ0) is 9.84. The minimum atomic E-state index is -0.734. The van der Waals surface area contributed by atoms with Crippen LogP contribution >= 0.6 is 0 Å². The smallest absolute Gasteiger partial charge is 0.162 e. The second-order valence-corrected chi connectivity index (χ2v) is 2.94. The van der Waals surface area contributed by atoms with Crippen molar-refractivity contribution in [2.24, 2.45) is 0 Å². The summed E-state index contributed by atoms with van der Waals surface area (Å²) in [7, 11) is 0.